The first-order valence-electron chi connectivity index (χ1n) is 3.64. The predicted molar refractivity (Wildman–Crippen MR) is 43.8 cm³/mol. The van der Waals surface area contributed by atoms with E-state index >= 15 is 0 Å². The molecular weight excluding hydrogens is 138 g/mol. The molecule has 0 amide bonds. The second-order valence-electron chi connectivity index (χ2n) is 2.11. The van der Waals surface area contributed by atoms with Crippen molar-refractivity contribution in [2.75, 3.05) is 6.61 Å². The Labute approximate surface area is 66.7 Å². The van der Waals surface area contributed by atoms with Crippen LogP contribution in [0.2, 0.25) is 0 Å². The molecule has 0 radical (unpaired) electrons. The van der Waals surface area contributed by atoms with E-state index in [9.17, 15) is 0 Å². The van der Waals surface area contributed by atoms with Gasteiger partial charge in [0.15, 0.2) is 6.61 Å². The summed E-state index contributed by atoms with van der Waals surface area (Å²) in [5.74, 6) is 0. The van der Waals surface area contributed by atoms with Gasteiger partial charge in [0.2, 0.25) is 12.4 Å². The van der Waals surface area contributed by atoms with E-state index in [2.05, 4.69) is 6.58 Å². The molecule has 1 heterocycles. The van der Waals surface area contributed by atoms with Crippen molar-refractivity contribution in [1.82, 2.24) is 0 Å². The van der Waals surface area contributed by atoms with Gasteiger partial charge in [-0.3, -0.25) is 4.84 Å². The summed E-state index contributed by atoms with van der Waals surface area (Å²) >= 11 is 0. The normalized spacial score (nSPS) is 9.18. The maximum Gasteiger partial charge on any atom is 0.223 e. The molecule has 2 nitrogen and oxygen atoms in total. The lowest BCUT2D eigenvalue weighted by molar-refractivity contribution is -0.890. The first-order chi connectivity index (χ1) is 5.36. The number of hydrogen-bond acceptors (Lipinski definition) is 1. The highest BCUT2D eigenvalue weighted by atomic mass is 16.7. The molecule has 0 bridgehead atoms. The lowest BCUT2D eigenvalue weighted by Crippen LogP contribution is -2.41. The minimum atomic E-state index is 0.679. The average Bonchev–Trinajstić information content (AvgIpc) is 2.07. The van der Waals surface area contributed by atoms with Gasteiger partial charge in [-0.1, -0.05) is 12.7 Å². The van der Waals surface area contributed by atoms with Crippen LogP contribution in [0.1, 0.15) is 12.5 Å². The number of pyridine rings is 1. The maximum atomic E-state index is 5.19. The standard InChI is InChI=1S/C9H12NO/c1-3-9-5-7-10(8-6-9)11-4-2/h3,5-8H,1,4H2,2H3/q+1. The molecule has 0 saturated carbocycles. The first-order valence-corrected chi connectivity index (χ1v) is 3.64. The van der Waals surface area contributed by atoms with Crippen LogP contribution in [-0.2, 0) is 0 Å². The van der Waals surface area contributed by atoms with Crippen molar-refractivity contribution in [3.63, 3.8) is 0 Å². The highest BCUT2D eigenvalue weighted by Crippen LogP contribution is 1.94. The highest BCUT2D eigenvalue weighted by Gasteiger charge is 1.96. The lowest BCUT2D eigenvalue weighted by atomic mass is 10.3. The van der Waals surface area contributed by atoms with E-state index in [1.807, 2.05) is 31.5 Å². The van der Waals surface area contributed by atoms with Crippen LogP contribution < -0.4 is 9.57 Å². The van der Waals surface area contributed by atoms with E-state index in [0.717, 1.165) is 5.56 Å². The van der Waals surface area contributed by atoms with Crippen molar-refractivity contribution in [2.24, 2.45) is 0 Å². The molecule has 0 aliphatic rings. The van der Waals surface area contributed by atoms with E-state index in [0.29, 0.717) is 6.61 Å². The quantitative estimate of drug-likeness (QED) is 0.587. The second-order valence-corrected chi connectivity index (χ2v) is 2.11. The van der Waals surface area contributed by atoms with Gasteiger partial charge in [-0.2, -0.15) is 0 Å². The van der Waals surface area contributed by atoms with Gasteiger partial charge in [0.05, 0.1) is 0 Å². The minimum absolute atomic E-state index is 0.679. The zero-order valence-electron chi connectivity index (χ0n) is 6.66. The molecule has 0 saturated heterocycles. The molecule has 1 aromatic heterocycles. The van der Waals surface area contributed by atoms with Crippen molar-refractivity contribution in [3.8, 4) is 0 Å². The van der Waals surface area contributed by atoms with E-state index in [1.54, 1.807) is 10.8 Å². The molecule has 0 aromatic carbocycles. The van der Waals surface area contributed by atoms with Gasteiger partial charge in [0, 0.05) is 16.9 Å². The van der Waals surface area contributed by atoms with Gasteiger partial charge in [0.1, 0.15) is 0 Å². The second kappa shape index (κ2) is 3.76. The third-order valence-corrected chi connectivity index (χ3v) is 1.34. The van der Waals surface area contributed by atoms with Crippen LogP contribution >= 0.6 is 0 Å². The Balaban J connectivity index is 2.74. The summed E-state index contributed by atoms with van der Waals surface area (Å²) in [6.45, 7) is 6.29. The smallest absolute Gasteiger partial charge is 0.223 e. The van der Waals surface area contributed by atoms with Crippen molar-refractivity contribution in [1.29, 1.82) is 0 Å². The maximum absolute atomic E-state index is 5.19. The molecule has 0 N–H and O–H groups in total. The molecule has 0 aliphatic heterocycles. The van der Waals surface area contributed by atoms with Gasteiger partial charge < -0.3 is 0 Å². The van der Waals surface area contributed by atoms with Gasteiger partial charge >= 0.3 is 0 Å². The topological polar surface area (TPSA) is 13.1 Å². The Kier molecular flexibility index (Phi) is 2.66. The molecule has 0 atom stereocenters. The fourth-order valence-electron chi connectivity index (χ4n) is 0.796. The fraction of sp³-hybridized carbons (Fsp3) is 0.222. The lowest BCUT2D eigenvalue weighted by Gasteiger charge is -1.93. The van der Waals surface area contributed by atoms with Gasteiger partial charge in [-0.05, 0) is 12.5 Å². The minimum Gasteiger partial charge on any atom is -0.272 e. The van der Waals surface area contributed by atoms with Crippen molar-refractivity contribution < 1.29 is 9.57 Å². The van der Waals surface area contributed by atoms with Gasteiger partial charge in [0.25, 0.3) is 0 Å². The van der Waals surface area contributed by atoms with Crippen LogP contribution in [0.5, 0.6) is 0 Å². The molecule has 11 heavy (non-hydrogen) atoms. The molecule has 0 spiro atoms. The molecular formula is C9H12NO+. The summed E-state index contributed by atoms with van der Waals surface area (Å²) in [7, 11) is 0. The Bertz CT molecular complexity index is 228. The van der Waals surface area contributed by atoms with Crippen molar-refractivity contribution in [2.45, 2.75) is 6.92 Å². The van der Waals surface area contributed by atoms with Crippen molar-refractivity contribution in [3.05, 3.63) is 36.7 Å². The summed E-state index contributed by atoms with van der Waals surface area (Å²) in [5, 5.41) is 0. The van der Waals surface area contributed by atoms with E-state index in [-0.39, 0.29) is 0 Å². The fourth-order valence-corrected chi connectivity index (χ4v) is 0.796. The molecule has 0 fully saturated rings. The summed E-state index contributed by atoms with van der Waals surface area (Å²) in [4.78, 5) is 5.19. The molecule has 1 rings (SSSR count). The van der Waals surface area contributed by atoms with Gasteiger partial charge in [-0.15, -0.1) is 0 Å². The molecule has 2 heteroatoms. The van der Waals surface area contributed by atoms with Crippen LogP contribution in [0.25, 0.3) is 6.08 Å². The average molecular weight is 150 g/mol. The van der Waals surface area contributed by atoms with E-state index in [4.69, 9.17) is 4.84 Å². The summed E-state index contributed by atoms with van der Waals surface area (Å²) < 4.78 is 1.67. The van der Waals surface area contributed by atoms with Crippen LogP contribution in [0.3, 0.4) is 0 Å². The first kappa shape index (κ1) is 7.79. The predicted octanol–water partition coefficient (Wildman–Crippen LogP) is 1.07. The van der Waals surface area contributed by atoms with Crippen LogP contribution in [-0.4, -0.2) is 6.61 Å². The van der Waals surface area contributed by atoms with E-state index < -0.39 is 0 Å². The summed E-state index contributed by atoms with van der Waals surface area (Å²) in [5.41, 5.74) is 1.10. The van der Waals surface area contributed by atoms with E-state index in [1.165, 1.54) is 0 Å². The number of hydrogen-bond donors (Lipinski definition) is 0. The zero-order chi connectivity index (χ0) is 8.10. The van der Waals surface area contributed by atoms with Crippen molar-refractivity contribution >= 4 is 6.08 Å². The van der Waals surface area contributed by atoms with Crippen LogP contribution in [0.15, 0.2) is 31.1 Å². The molecule has 0 aliphatic carbocycles. The third-order valence-electron chi connectivity index (χ3n) is 1.34. The number of nitrogens with zero attached hydrogens (tertiary/aromatic N) is 1. The third kappa shape index (κ3) is 2.08. The Hall–Kier alpha value is -1.31. The van der Waals surface area contributed by atoms with Crippen LogP contribution in [0, 0.1) is 0 Å². The Morgan fingerprint density at radius 1 is 1.55 bits per heavy atom. The molecule has 1 aromatic rings. The Morgan fingerprint density at radius 3 is 2.64 bits per heavy atom. The molecule has 0 unspecified atom stereocenters. The number of rotatable bonds is 3. The molecule has 58 valence electrons. The summed E-state index contributed by atoms with van der Waals surface area (Å²) in [6, 6.07) is 3.89. The van der Waals surface area contributed by atoms with Crippen LogP contribution in [0.4, 0.5) is 0 Å². The highest BCUT2D eigenvalue weighted by molar-refractivity contribution is 5.44. The van der Waals surface area contributed by atoms with Gasteiger partial charge in [-0.25, -0.2) is 0 Å². The zero-order valence-corrected chi connectivity index (χ0v) is 6.66. The summed E-state index contributed by atoms with van der Waals surface area (Å²) in [6.07, 6.45) is 5.53. The SMILES string of the molecule is C=Cc1cc[n+](OCC)cc1. The largest absolute Gasteiger partial charge is 0.272 e. The Morgan fingerprint density at radius 2 is 2.18 bits per heavy atom. The number of aromatic nitrogens is 1. The monoisotopic (exact) mass is 150 g/mol.